The second-order valence-electron chi connectivity index (χ2n) is 6.19. The Labute approximate surface area is 155 Å². The number of benzene rings is 2. The van der Waals surface area contributed by atoms with Gasteiger partial charge in [0.25, 0.3) is 5.91 Å². The zero-order chi connectivity index (χ0) is 19.2. The van der Waals surface area contributed by atoms with Gasteiger partial charge in [-0.15, -0.1) is 0 Å². The Morgan fingerprint density at radius 1 is 0.923 bits per heavy atom. The molecule has 140 valence electrons. The molecule has 1 amide bonds. The summed E-state index contributed by atoms with van der Waals surface area (Å²) < 4.78 is 29.7. The summed E-state index contributed by atoms with van der Waals surface area (Å²) in [4.78, 5) is 13.8. The monoisotopic (exact) mass is 376 g/mol. The van der Waals surface area contributed by atoms with Crippen molar-refractivity contribution in [2.75, 3.05) is 27.0 Å². The van der Waals surface area contributed by atoms with Gasteiger partial charge in [-0.3, -0.25) is 4.79 Å². The summed E-state index contributed by atoms with van der Waals surface area (Å²) in [5.74, 6) is 0.451. The van der Waals surface area contributed by atoms with Crippen molar-refractivity contribution in [1.29, 1.82) is 0 Å². The molecule has 0 aliphatic heterocycles. The molecule has 0 aromatic heterocycles. The van der Waals surface area contributed by atoms with E-state index < -0.39 is 10.0 Å². The van der Waals surface area contributed by atoms with Crippen LogP contribution in [0.1, 0.15) is 11.1 Å². The minimum atomic E-state index is -3.22. The first kappa shape index (κ1) is 19.9. The molecule has 0 saturated heterocycles. The van der Waals surface area contributed by atoms with Gasteiger partial charge in [0, 0.05) is 27.2 Å². The first-order valence-corrected chi connectivity index (χ1v) is 10.0. The quantitative estimate of drug-likeness (QED) is 0.708. The average Bonchev–Trinajstić information content (AvgIpc) is 2.60. The highest BCUT2D eigenvalue weighted by Gasteiger charge is 2.12. The Bertz CT molecular complexity index is 820. The Morgan fingerprint density at radius 3 is 2.08 bits per heavy atom. The fourth-order valence-electron chi connectivity index (χ4n) is 2.27. The Balaban J connectivity index is 1.84. The fourth-order valence-corrected chi connectivity index (χ4v) is 2.65. The number of nitrogens with zero attached hydrogens (tertiary/aromatic N) is 2. The third kappa shape index (κ3) is 6.16. The van der Waals surface area contributed by atoms with E-state index in [9.17, 15) is 13.2 Å². The summed E-state index contributed by atoms with van der Waals surface area (Å²) >= 11 is 0. The molecule has 26 heavy (non-hydrogen) atoms. The van der Waals surface area contributed by atoms with Crippen molar-refractivity contribution in [3.63, 3.8) is 0 Å². The van der Waals surface area contributed by atoms with Crippen molar-refractivity contribution in [1.82, 2.24) is 9.21 Å². The summed E-state index contributed by atoms with van der Waals surface area (Å²) in [6.07, 6.45) is 1.17. The van der Waals surface area contributed by atoms with Crippen LogP contribution in [0, 0.1) is 0 Å². The molecular formula is C19H24N2O4S. The molecule has 2 aromatic carbocycles. The van der Waals surface area contributed by atoms with E-state index in [1.807, 2.05) is 30.3 Å². The van der Waals surface area contributed by atoms with Gasteiger partial charge in [-0.25, -0.2) is 12.7 Å². The summed E-state index contributed by atoms with van der Waals surface area (Å²) in [5, 5.41) is 0. The number of carbonyl (C=O) groups is 1. The topological polar surface area (TPSA) is 66.9 Å². The average molecular weight is 376 g/mol. The van der Waals surface area contributed by atoms with Crippen molar-refractivity contribution in [2.24, 2.45) is 0 Å². The van der Waals surface area contributed by atoms with Crippen molar-refractivity contribution < 1.29 is 17.9 Å². The van der Waals surface area contributed by atoms with E-state index in [-0.39, 0.29) is 19.1 Å². The zero-order valence-electron chi connectivity index (χ0n) is 15.3. The smallest absolute Gasteiger partial charge is 0.260 e. The lowest BCUT2D eigenvalue weighted by Crippen LogP contribution is -2.30. The zero-order valence-corrected chi connectivity index (χ0v) is 16.1. The number of sulfonamides is 1. The normalized spacial score (nSPS) is 11.4. The van der Waals surface area contributed by atoms with Crippen molar-refractivity contribution in [3.05, 3.63) is 65.7 Å². The van der Waals surface area contributed by atoms with E-state index in [1.165, 1.54) is 17.6 Å². The lowest BCUT2D eigenvalue weighted by atomic mass is 10.2. The largest absolute Gasteiger partial charge is 0.484 e. The van der Waals surface area contributed by atoms with Gasteiger partial charge >= 0.3 is 0 Å². The molecular weight excluding hydrogens is 352 g/mol. The number of likely N-dealkylation sites (N-methyl/N-ethyl adjacent to an activating group) is 1. The van der Waals surface area contributed by atoms with Crippen LogP contribution >= 0.6 is 0 Å². The Morgan fingerprint density at radius 2 is 1.50 bits per heavy atom. The van der Waals surface area contributed by atoms with Gasteiger partial charge in [-0.1, -0.05) is 42.5 Å². The van der Waals surface area contributed by atoms with E-state index in [4.69, 9.17) is 4.74 Å². The number of carbonyl (C=O) groups excluding carboxylic acids is 1. The molecule has 0 spiro atoms. The predicted octanol–water partition coefficient (Wildman–Crippen LogP) is 2.12. The van der Waals surface area contributed by atoms with Crippen LogP contribution in [-0.4, -0.2) is 50.5 Å². The van der Waals surface area contributed by atoms with Crippen LogP contribution in [0.2, 0.25) is 0 Å². The molecule has 0 saturated carbocycles. The molecule has 0 aliphatic carbocycles. The molecule has 0 unspecified atom stereocenters. The van der Waals surface area contributed by atoms with Crippen molar-refractivity contribution >= 4 is 15.9 Å². The van der Waals surface area contributed by atoms with Gasteiger partial charge in [0.1, 0.15) is 5.75 Å². The third-order valence-electron chi connectivity index (χ3n) is 3.95. The highest BCUT2D eigenvalue weighted by atomic mass is 32.2. The van der Waals surface area contributed by atoms with Gasteiger partial charge in [-0.2, -0.15) is 0 Å². The first-order chi connectivity index (χ1) is 12.3. The summed E-state index contributed by atoms with van der Waals surface area (Å²) in [7, 11) is 0.0515. The number of ether oxygens (including phenoxy) is 1. The minimum Gasteiger partial charge on any atom is -0.484 e. The second-order valence-corrected chi connectivity index (χ2v) is 8.28. The molecule has 0 radical (unpaired) electrons. The molecule has 2 aromatic rings. The molecule has 2 rings (SSSR count). The van der Waals surface area contributed by atoms with Gasteiger partial charge in [0.15, 0.2) is 6.61 Å². The molecule has 6 nitrogen and oxygen atoms in total. The van der Waals surface area contributed by atoms with Gasteiger partial charge in [-0.05, 0) is 23.3 Å². The second kappa shape index (κ2) is 8.82. The predicted molar refractivity (Wildman–Crippen MR) is 101 cm³/mol. The van der Waals surface area contributed by atoms with Gasteiger partial charge < -0.3 is 9.64 Å². The molecule has 0 fully saturated rings. The van der Waals surface area contributed by atoms with Crippen LogP contribution in [0.15, 0.2) is 54.6 Å². The summed E-state index contributed by atoms with van der Waals surface area (Å²) in [5.41, 5.74) is 1.90. The van der Waals surface area contributed by atoms with E-state index in [2.05, 4.69) is 0 Å². The van der Waals surface area contributed by atoms with Crippen LogP contribution in [0.4, 0.5) is 0 Å². The van der Waals surface area contributed by atoms with Crippen LogP contribution in [-0.2, 0) is 27.9 Å². The van der Waals surface area contributed by atoms with Crippen LogP contribution in [0.3, 0.4) is 0 Å². The number of rotatable bonds is 8. The fraction of sp³-hybridized carbons (Fsp3) is 0.316. The molecule has 0 bridgehead atoms. The molecule has 0 heterocycles. The van der Waals surface area contributed by atoms with E-state index >= 15 is 0 Å². The Hall–Kier alpha value is -2.38. The molecule has 0 aliphatic rings. The first-order valence-electron chi connectivity index (χ1n) is 8.16. The van der Waals surface area contributed by atoms with E-state index in [0.717, 1.165) is 11.1 Å². The standard InChI is InChI=1S/C19H24N2O4S/c1-20(13-16-7-5-4-6-8-16)19(22)15-25-18-11-9-17(10-12-18)14-21(2)26(3,23)24/h4-12H,13-15H2,1-3H3. The van der Waals surface area contributed by atoms with Crippen molar-refractivity contribution in [2.45, 2.75) is 13.1 Å². The summed E-state index contributed by atoms with van der Waals surface area (Å²) in [6, 6.07) is 16.8. The van der Waals surface area contributed by atoms with Gasteiger partial charge in [0.2, 0.25) is 10.0 Å². The van der Waals surface area contributed by atoms with Crippen molar-refractivity contribution in [3.8, 4) is 5.75 Å². The third-order valence-corrected chi connectivity index (χ3v) is 5.21. The number of amides is 1. The molecule has 7 heteroatoms. The van der Waals surface area contributed by atoms with Crippen LogP contribution in [0.5, 0.6) is 5.75 Å². The molecule has 0 N–H and O–H groups in total. The Kier molecular flexibility index (Phi) is 6.76. The van der Waals surface area contributed by atoms with Crippen LogP contribution in [0.25, 0.3) is 0 Å². The lowest BCUT2D eigenvalue weighted by Gasteiger charge is -2.18. The SMILES string of the molecule is CN(Cc1ccccc1)C(=O)COc1ccc(CN(C)S(C)(=O)=O)cc1. The minimum absolute atomic E-state index is 0.0497. The maximum atomic E-state index is 12.2. The maximum absolute atomic E-state index is 12.2. The van der Waals surface area contributed by atoms with E-state index in [0.29, 0.717) is 12.3 Å². The lowest BCUT2D eigenvalue weighted by molar-refractivity contribution is -0.132. The maximum Gasteiger partial charge on any atom is 0.260 e. The molecule has 0 atom stereocenters. The van der Waals surface area contributed by atoms with E-state index in [1.54, 1.807) is 36.2 Å². The highest BCUT2D eigenvalue weighted by molar-refractivity contribution is 7.88. The highest BCUT2D eigenvalue weighted by Crippen LogP contribution is 2.14. The summed E-state index contributed by atoms with van der Waals surface area (Å²) in [6.45, 7) is 0.767. The van der Waals surface area contributed by atoms with Gasteiger partial charge in [0.05, 0.1) is 6.26 Å². The number of hydrogen-bond donors (Lipinski definition) is 0. The van der Waals surface area contributed by atoms with Crippen LogP contribution < -0.4 is 4.74 Å². The number of hydrogen-bond acceptors (Lipinski definition) is 4.